The third-order valence-electron chi connectivity index (χ3n) is 7.05. The van der Waals surface area contributed by atoms with E-state index in [1.165, 1.54) is 0 Å². The van der Waals surface area contributed by atoms with Crippen molar-refractivity contribution < 1.29 is 4.79 Å². The van der Waals surface area contributed by atoms with Crippen molar-refractivity contribution in [2.75, 3.05) is 11.9 Å². The average molecular weight is 544 g/mol. The van der Waals surface area contributed by atoms with E-state index in [1.807, 2.05) is 67.6 Å². The van der Waals surface area contributed by atoms with Gasteiger partial charge >= 0.3 is 0 Å². The van der Waals surface area contributed by atoms with Gasteiger partial charge in [0.05, 0.1) is 17.8 Å². The molecular weight excluding hydrogens is 514 g/mol. The molecule has 2 N–H and O–H groups in total. The number of carbonyl (C=O) groups excluding carboxylic acids is 1. The number of pyridine rings is 1. The van der Waals surface area contributed by atoms with Crippen LogP contribution in [-0.2, 0) is 4.79 Å². The quantitative estimate of drug-likeness (QED) is 0.262. The molecule has 194 valence electrons. The minimum atomic E-state index is -0.156. The summed E-state index contributed by atoms with van der Waals surface area (Å²) in [5.74, 6) is -0.0495. The summed E-state index contributed by atoms with van der Waals surface area (Å²) in [4.78, 5) is 19.7. The van der Waals surface area contributed by atoms with Crippen LogP contribution in [0.2, 0.25) is 5.02 Å². The van der Waals surface area contributed by atoms with Gasteiger partial charge in [-0.25, -0.2) is 0 Å². The Morgan fingerprint density at radius 2 is 1.84 bits per heavy atom. The number of hydrogen-bond acceptors (Lipinski definition) is 3. The van der Waals surface area contributed by atoms with Crippen LogP contribution in [0.3, 0.4) is 0 Å². The van der Waals surface area contributed by atoms with E-state index in [0.29, 0.717) is 23.1 Å². The fraction of sp³-hybridized carbons (Fsp3) is 0.233. The average Bonchev–Trinajstić information content (AvgIpc) is 3.39. The highest BCUT2D eigenvalue weighted by Crippen LogP contribution is 2.41. The maximum atomic E-state index is 12.9. The normalized spacial score (nSPS) is 16.9. The predicted octanol–water partition coefficient (Wildman–Crippen LogP) is 6.45. The maximum Gasteiger partial charge on any atom is 0.226 e. The SMILES string of the molecule is Cc1ccccc1NC(=O)CCN1C(=S)NC(c2ccccn2)C1c1cc(C)n(-c2cccc(Cl)c2)c1C. The summed E-state index contributed by atoms with van der Waals surface area (Å²) in [6, 6.07) is 23.4. The van der Waals surface area contributed by atoms with E-state index in [2.05, 4.69) is 51.1 Å². The van der Waals surface area contributed by atoms with Crippen molar-refractivity contribution in [1.82, 2.24) is 19.8 Å². The fourth-order valence-electron chi connectivity index (χ4n) is 5.23. The molecule has 1 fully saturated rings. The van der Waals surface area contributed by atoms with Crippen LogP contribution in [0.4, 0.5) is 5.69 Å². The largest absolute Gasteiger partial charge is 0.352 e. The van der Waals surface area contributed by atoms with Crippen LogP contribution in [0.25, 0.3) is 5.69 Å². The molecular formula is C30H30ClN5OS. The number of hydrogen-bond donors (Lipinski definition) is 2. The van der Waals surface area contributed by atoms with Crippen LogP contribution in [0, 0.1) is 20.8 Å². The summed E-state index contributed by atoms with van der Waals surface area (Å²) < 4.78 is 2.21. The summed E-state index contributed by atoms with van der Waals surface area (Å²) in [6.45, 7) is 6.66. The molecule has 3 heterocycles. The van der Waals surface area contributed by atoms with E-state index in [0.717, 1.165) is 39.6 Å². The van der Waals surface area contributed by atoms with E-state index in [4.69, 9.17) is 23.8 Å². The molecule has 1 aliphatic rings. The molecule has 2 aromatic heterocycles. The van der Waals surface area contributed by atoms with Gasteiger partial charge in [-0.1, -0.05) is 41.9 Å². The number of benzene rings is 2. The van der Waals surface area contributed by atoms with Crippen molar-refractivity contribution >= 4 is 40.5 Å². The maximum absolute atomic E-state index is 12.9. The first-order chi connectivity index (χ1) is 18.3. The van der Waals surface area contributed by atoms with E-state index < -0.39 is 0 Å². The molecule has 0 spiro atoms. The van der Waals surface area contributed by atoms with Gasteiger partial charge in [-0.05, 0) is 86.6 Å². The van der Waals surface area contributed by atoms with Crippen LogP contribution in [0.15, 0.2) is 79.0 Å². The lowest BCUT2D eigenvalue weighted by Crippen LogP contribution is -2.33. The standard InChI is InChI=1S/C30H30ClN5OS/c1-19-9-4-5-12-25(19)33-27(37)14-16-35-29(28(34-30(35)38)26-13-6-7-15-32-26)24-17-20(2)36(21(24)3)23-11-8-10-22(31)18-23/h4-13,15,17-18,28-29H,14,16H2,1-3H3,(H,33,37)(H,34,38). The highest BCUT2D eigenvalue weighted by Gasteiger charge is 2.41. The van der Waals surface area contributed by atoms with E-state index >= 15 is 0 Å². The second-order valence-electron chi connectivity index (χ2n) is 9.57. The van der Waals surface area contributed by atoms with Gasteiger partial charge in [-0.15, -0.1) is 0 Å². The van der Waals surface area contributed by atoms with Gasteiger partial charge in [0, 0.05) is 46.9 Å². The molecule has 38 heavy (non-hydrogen) atoms. The second kappa shape index (κ2) is 11.0. The molecule has 0 bridgehead atoms. The Bertz CT molecular complexity index is 1490. The molecule has 8 heteroatoms. The summed E-state index contributed by atoms with van der Waals surface area (Å²) >= 11 is 12.1. The number of aryl methyl sites for hydroxylation is 2. The minimum Gasteiger partial charge on any atom is -0.352 e. The van der Waals surface area contributed by atoms with E-state index in [9.17, 15) is 4.79 Å². The molecule has 5 rings (SSSR count). The first-order valence-electron chi connectivity index (χ1n) is 12.6. The number of anilines is 1. The zero-order valence-corrected chi connectivity index (χ0v) is 23.2. The number of nitrogens with zero attached hydrogens (tertiary/aromatic N) is 3. The van der Waals surface area contributed by atoms with Gasteiger partial charge in [0.15, 0.2) is 5.11 Å². The predicted molar refractivity (Wildman–Crippen MR) is 157 cm³/mol. The monoisotopic (exact) mass is 543 g/mol. The smallest absolute Gasteiger partial charge is 0.226 e. The van der Waals surface area contributed by atoms with Crippen molar-refractivity contribution in [1.29, 1.82) is 0 Å². The Morgan fingerprint density at radius 3 is 2.58 bits per heavy atom. The molecule has 2 aromatic carbocycles. The second-order valence-corrected chi connectivity index (χ2v) is 10.4. The Morgan fingerprint density at radius 1 is 1.05 bits per heavy atom. The third-order valence-corrected chi connectivity index (χ3v) is 7.64. The van der Waals surface area contributed by atoms with Gasteiger partial charge in [0.25, 0.3) is 0 Å². The summed E-state index contributed by atoms with van der Waals surface area (Å²) in [5.41, 5.74) is 7.08. The summed E-state index contributed by atoms with van der Waals surface area (Å²) in [7, 11) is 0. The van der Waals surface area contributed by atoms with Crippen LogP contribution in [0.1, 0.15) is 46.7 Å². The van der Waals surface area contributed by atoms with Crippen molar-refractivity contribution in [3.8, 4) is 5.69 Å². The van der Waals surface area contributed by atoms with Gasteiger partial charge in [-0.3, -0.25) is 9.78 Å². The van der Waals surface area contributed by atoms with Crippen molar-refractivity contribution in [3.05, 3.63) is 112 Å². The number of amides is 1. The Kier molecular flexibility index (Phi) is 7.49. The minimum absolute atomic E-state index is 0.0495. The molecule has 0 saturated carbocycles. The highest BCUT2D eigenvalue weighted by molar-refractivity contribution is 7.80. The lowest BCUT2D eigenvalue weighted by Gasteiger charge is -2.28. The number of rotatable bonds is 7. The fourth-order valence-corrected chi connectivity index (χ4v) is 5.75. The number of nitrogens with one attached hydrogen (secondary N) is 2. The van der Waals surface area contributed by atoms with Gasteiger partial charge < -0.3 is 20.1 Å². The number of halogens is 1. The molecule has 2 unspecified atom stereocenters. The molecule has 4 aromatic rings. The van der Waals surface area contributed by atoms with Crippen LogP contribution < -0.4 is 10.6 Å². The van der Waals surface area contributed by atoms with E-state index in [1.54, 1.807) is 6.20 Å². The highest BCUT2D eigenvalue weighted by atomic mass is 35.5. The first-order valence-corrected chi connectivity index (χ1v) is 13.4. The van der Waals surface area contributed by atoms with Gasteiger partial charge in [-0.2, -0.15) is 0 Å². The lowest BCUT2D eigenvalue weighted by molar-refractivity contribution is -0.116. The molecule has 0 radical (unpaired) electrons. The first kappa shape index (κ1) is 25.9. The Balaban J connectivity index is 1.48. The summed E-state index contributed by atoms with van der Waals surface area (Å²) in [6.07, 6.45) is 2.10. The van der Waals surface area contributed by atoms with Crippen LogP contribution in [-0.4, -0.2) is 32.0 Å². The lowest BCUT2D eigenvalue weighted by atomic mass is 9.96. The number of thiocarbonyl (C=S) groups is 1. The Hall–Kier alpha value is -3.68. The van der Waals surface area contributed by atoms with Crippen molar-refractivity contribution in [2.24, 2.45) is 0 Å². The zero-order chi connectivity index (χ0) is 26.8. The number of carbonyl (C=O) groups is 1. The topological polar surface area (TPSA) is 62.2 Å². The van der Waals surface area contributed by atoms with Crippen molar-refractivity contribution in [3.63, 3.8) is 0 Å². The third kappa shape index (κ3) is 5.17. The number of para-hydroxylation sites is 1. The molecule has 1 saturated heterocycles. The van der Waals surface area contributed by atoms with Crippen LogP contribution >= 0.6 is 23.8 Å². The van der Waals surface area contributed by atoms with Crippen molar-refractivity contribution in [2.45, 2.75) is 39.3 Å². The number of aromatic nitrogens is 2. The van der Waals surface area contributed by atoms with E-state index in [-0.39, 0.29) is 18.0 Å². The zero-order valence-electron chi connectivity index (χ0n) is 21.6. The molecule has 6 nitrogen and oxygen atoms in total. The van der Waals surface area contributed by atoms with Gasteiger partial charge in [0.1, 0.15) is 0 Å². The summed E-state index contributed by atoms with van der Waals surface area (Å²) in [5, 5.41) is 7.83. The molecule has 0 aliphatic carbocycles. The molecule has 1 aliphatic heterocycles. The van der Waals surface area contributed by atoms with Gasteiger partial charge in [0.2, 0.25) is 5.91 Å². The van der Waals surface area contributed by atoms with Crippen LogP contribution in [0.5, 0.6) is 0 Å². The molecule has 1 amide bonds. The molecule has 2 atom stereocenters. The Labute approximate surface area is 233 Å².